The fourth-order valence-electron chi connectivity index (χ4n) is 16.9. The topological polar surface area (TPSA) is 130 Å². The third-order valence-corrected chi connectivity index (χ3v) is 21.8. The Morgan fingerprint density at radius 3 is 0.841 bits per heavy atom. The van der Waals surface area contributed by atoms with E-state index in [0.717, 1.165) is 144 Å². The molecule has 0 unspecified atom stereocenters. The zero-order valence-electron chi connectivity index (χ0n) is 60.6. The van der Waals surface area contributed by atoms with Gasteiger partial charge >= 0.3 is 0 Å². The number of para-hydroxylation sites is 3. The molecule has 3 aliphatic rings. The van der Waals surface area contributed by atoms with E-state index >= 15 is 0 Å². The Morgan fingerprint density at radius 2 is 0.434 bits per heavy atom. The first-order chi connectivity index (χ1) is 56.1. The predicted octanol–water partition coefficient (Wildman–Crippen LogP) is 27.0. The standard InChI is InChI=1S/C35H21N3O.2C34H20N2O/c1-3-12-22(13-4-1)33-36-34(23-14-5-2-6-15-23)38-35(37-33)32-31-28-19-10-9-18-26(28)24-16-7-8-17-25(24)27-20-11-21-29(39-32)30(27)31;1-2-11-21(12-3-1)32-33(36-28-19-9-8-18-27(28)35-32)34-31-26-16-7-6-15-24(26)22-13-4-5-14-23(22)25-17-10-20-29(37-34)30(25)31;1-2-11-21(12-3-1)32-27-17-8-9-19-28(27)35-34(36-32)33-31-26-16-7-6-15-24(26)22-13-4-5-14-23(22)25-18-10-20-29(37-33)30(25)31/h1-21H;2*1-20H. The Labute approximate surface area is 649 Å². The smallest absolute Gasteiger partial charge is 0.200 e. The van der Waals surface area contributed by atoms with Crippen molar-refractivity contribution in [1.29, 1.82) is 0 Å². The van der Waals surface area contributed by atoms with Crippen LogP contribution in [0.25, 0.3) is 235 Å². The van der Waals surface area contributed by atoms with Gasteiger partial charge in [0.25, 0.3) is 0 Å². The fraction of sp³-hybridized carbons (Fsp3) is 0. The second-order valence-corrected chi connectivity index (χ2v) is 28.3. The highest BCUT2D eigenvalue weighted by Gasteiger charge is 2.34. The van der Waals surface area contributed by atoms with E-state index < -0.39 is 0 Å². The van der Waals surface area contributed by atoms with Crippen LogP contribution >= 0.6 is 0 Å². The molecule has 24 rings (SSSR count). The fourth-order valence-corrected chi connectivity index (χ4v) is 16.9. The van der Waals surface area contributed by atoms with Crippen LogP contribution in [-0.4, -0.2) is 34.9 Å². The van der Waals surface area contributed by atoms with Gasteiger partial charge in [0.15, 0.2) is 34.8 Å². The molecule has 10 heteroatoms. The minimum absolute atomic E-state index is 0.514. The molecule has 0 amide bonds. The number of hydrogen-bond donors (Lipinski definition) is 0. The maximum absolute atomic E-state index is 6.73. The van der Waals surface area contributed by atoms with Crippen LogP contribution in [0.4, 0.5) is 0 Å². The first kappa shape index (κ1) is 64.8. The molecular formula is C103H61N7O3. The monoisotopic (exact) mass is 1440 g/mol. The number of benzene rings is 15. The maximum Gasteiger partial charge on any atom is 0.200 e. The van der Waals surface area contributed by atoms with Gasteiger partial charge < -0.3 is 13.3 Å². The molecule has 0 saturated carbocycles. The summed E-state index contributed by atoms with van der Waals surface area (Å²) >= 11 is 0. The van der Waals surface area contributed by atoms with Crippen LogP contribution < -0.4 is 0 Å². The highest BCUT2D eigenvalue weighted by Crippen LogP contribution is 2.56. The minimum Gasteiger partial charge on any atom is -0.454 e. The van der Waals surface area contributed by atoms with Gasteiger partial charge in [-0.1, -0.05) is 334 Å². The molecule has 3 aliphatic carbocycles. The van der Waals surface area contributed by atoms with Gasteiger partial charge in [-0.25, -0.2) is 34.9 Å². The van der Waals surface area contributed by atoms with Gasteiger partial charge in [-0.3, -0.25) is 0 Å². The molecule has 0 N–H and O–H groups in total. The molecule has 15 aromatic carbocycles. The summed E-state index contributed by atoms with van der Waals surface area (Å²) in [7, 11) is 0. The minimum atomic E-state index is 0.514. The second kappa shape index (κ2) is 26.8. The Morgan fingerprint density at radius 1 is 0.159 bits per heavy atom. The molecule has 0 bridgehead atoms. The van der Waals surface area contributed by atoms with Gasteiger partial charge in [0.1, 0.15) is 28.1 Å². The van der Waals surface area contributed by atoms with Crippen molar-refractivity contribution in [2.75, 3.05) is 0 Å². The van der Waals surface area contributed by atoms with Crippen LogP contribution in [0.1, 0.15) is 0 Å². The lowest BCUT2D eigenvalue weighted by Gasteiger charge is -2.13. The molecule has 526 valence electrons. The highest BCUT2D eigenvalue weighted by molar-refractivity contribution is 6.19. The van der Waals surface area contributed by atoms with Crippen molar-refractivity contribution in [3.05, 3.63) is 370 Å². The lowest BCUT2D eigenvalue weighted by atomic mass is 9.93. The van der Waals surface area contributed by atoms with Crippen LogP contribution in [0, 0.1) is 0 Å². The van der Waals surface area contributed by atoms with E-state index in [1.165, 1.54) is 55.6 Å². The summed E-state index contributed by atoms with van der Waals surface area (Å²) in [5, 5.41) is 4.32. The van der Waals surface area contributed by atoms with Crippen molar-refractivity contribution < 1.29 is 13.3 Å². The summed E-state index contributed by atoms with van der Waals surface area (Å²) in [6.45, 7) is 0. The first-order valence-electron chi connectivity index (χ1n) is 37.8. The molecule has 0 atom stereocenters. The van der Waals surface area contributed by atoms with Crippen LogP contribution in [0.5, 0.6) is 0 Å². The summed E-state index contributed by atoms with van der Waals surface area (Å²) in [5.74, 6) is 4.42. The Hall–Kier alpha value is -15.4. The molecule has 0 saturated heterocycles. The van der Waals surface area contributed by atoms with Gasteiger partial charge in [-0.2, -0.15) is 0 Å². The quantitative estimate of drug-likeness (QED) is 0.152. The summed E-state index contributed by atoms with van der Waals surface area (Å²) in [5.41, 5.74) is 32.2. The van der Waals surface area contributed by atoms with Crippen LogP contribution in [0.15, 0.2) is 383 Å². The number of rotatable bonds is 7. The molecule has 0 aliphatic heterocycles. The molecule has 0 radical (unpaired) electrons. The van der Waals surface area contributed by atoms with Crippen molar-refractivity contribution in [3.8, 4) is 180 Å². The number of hydrogen-bond acceptors (Lipinski definition) is 10. The predicted molar refractivity (Wildman–Crippen MR) is 456 cm³/mol. The highest BCUT2D eigenvalue weighted by atomic mass is 16.3. The van der Waals surface area contributed by atoms with Crippen molar-refractivity contribution in [2.45, 2.75) is 0 Å². The average molecular weight is 1440 g/mol. The van der Waals surface area contributed by atoms with E-state index in [-0.39, 0.29) is 0 Å². The van der Waals surface area contributed by atoms with Crippen molar-refractivity contribution in [1.82, 2.24) is 34.9 Å². The normalized spacial score (nSPS) is 11.7. The van der Waals surface area contributed by atoms with Crippen LogP contribution in [-0.2, 0) is 0 Å². The van der Waals surface area contributed by atoms with E-state index in [1.807, 2.05) is 152 Å². The van der Waals surface area contributed by atoms with E-state index in [0.29, 0.717) is 34.8 Å². The Kier molecular flexibility index (Phi) is 15.3. The second-order valence-electron chi connectivity index (χ2n) is 28.3. The molecule has 0 fully saturated rings. The van der Waals surface area contributed by atoms with E-state index in [1.54, 1.807) is 0 Å². The first-order valence-corrected chi connectivity index (χ1v) is 37.8. The number of furan rings is 3. The number of aromatic nitrogens is 7. The molecule has 10 nitrogen and oxygen atoms in total. The van der Waals surface area contributed by atoms with Gasteiger partial charge in [0.05, 0.1) is 22.2 Å². The number of nitrogens with zero attached hydrogens (tertiary/aromatic N) is 7. The van der Waals surface area contributed by atoms with Gasteiger partial charge in [0, 0.05) is 60.5 Å². The molecule has 113 heavy (non-hydrogen) atoms. The molecule has 6 heterocycles. The van der Waals surface area contributed by atoms with Crippen molar-refractivity contribution >= 4 is 54.8 Å². The molecule has 21 aromatic rings. The summed E-state index contributed by atoms with van der Waals surface area (Å²) < 4.78 is 20.0. The van der Waals surface area contributed by atoms with E-state index in [2.05, 4.69) is 218 Å². The van der Waals surface area contributed by atoms with Gasteiger partial charge in [0.2, 0.25) is 5.82 Å². The van der Waals surface area contributed by atoms with Gasteiger partial charge in [-0.15, -0.1) is 0 Å². The van der Waals surface area contributed by atoms with Gasteiger partial charge in [-0.05, 0) is 120 Å². The Balaban J connectivity index is 0.000000104. The largest absolute Gasteiger partial charge is 0.454 e. The van der Waals surface area contributed by atoms with Crippen molar-refractivity contribution in [2.24, 2.45) is 0 Å². The third-order valence-electron chi connectivity index (χ3n) is 21.8. The number of fused-ring (bicyclic) bond motifs is 17. The van der Waals surface area contributed by atoms with E-state index in [9.17, 15) is 0 Å². The lowest BCUT2D eigenvalue weighted by molar-refractivity contribution is 0.625. The lowest BCUT2D eigenvalue weighted by Crippen LogP contribution is -2.00. The third kappa shape index (κ3) is 10.8. The molecule has 6 aromatic heterocycles. The maximum atomic E-state index is 6.73. The van der Waals surface area contributed by atoms with Crippen LogP contribution in [0.3, 0.4) is 0 Å². The Bertz CT molecular complexity index is 7320. The average Bonchev–Trinajstić information content (AvgIpc) is 1.58. The summed E-state index contributed by atoms with van der Waals surface area (Å²) in [6.07, 6.45) is 0. The van der Waals surface area contributed by atoms with E-state index in [4.69, 9.17) is 48.1 Å². The zero-order chi connectivity index (χ0) is 74.5. The van der Waals surface area contributed by atoms with Crippen LogP contribution in [0.2, 0.25) is 0 Å². The summed E-state index contributed by atoms with van der Waals surface area (Å²) in [6, 6.07) is 127. The summed E-state index contributed by atoms with van der Waals surface area (Å²) in [4.78, 5) is 35.3. The molecule has 0 spiro atoms. The van der Waals surface area contributed by atoms with Crippen molar-refractivity contribution in [3.63, 3.8) is 0 Å². The molecular weight excluding hydrogens is 1380 g/mol. The zero-order valence-corrected chi connectivity index (χ0v) is 60.6. The SMILES string of the molecule is c1ccc(-c2nc(-c3ccccc3)nc(-c3oc4cccc5c4c3-c3ccccc3-c3ccccc3-5)n2)cc1.c1ccc(-c2nc(-c3oc4cccc5c4c3-c3ccccc3-c3ccccc3-5)nc3ccccc23)cc1.c1ccc(-c2nc3ccccc3nc2-c2oc3cccc4c3c2-c2ccccc2-c2ccccc2-4)cc1.